The Kier molecular flexibility index (Phi) is 6.35. The first-order valence-electron chi connectivity index (χ1n) is 7.58. The van der Waals surface area contributed by atoms with E-state index in [1.807, 2.05) is 0 Å². The quantitative estimate of drug-likeness (QED) is 0.747. The minimum atomic E-state index is -4.46. The lowest BCUT2D eigenvalue weighted by Crippen LogP contribution is -2.26. The number of pyridine rings is 1. The Labute approximate surface area is 143 Å². The number of carbonyl (C=O) groups is 1. The minimum absolute atomic E-state index is 0.0754. The van der Waals surface area contributed by atoms with E-state index in [9.17, 15) is 18.0 Å². The van der Waals surface area contributed by atoms with Gasteiger partial charge in [-0.15, -0.1) is 0 Å². The van der Waals surface area contributed by atoms with E-state index in [4.69, 9.17) is 4.74 Å². The van der Waals surface area contributed by atoms with Gasteiger partial charge in [0.15, 0.2) is 0 Å². The molecule has 134 valence electrons. The zero-order chi connectivity index (χ0) is 18.3. The second kappa shape index (κ2) is 8.48. The van der Waals surface area contributed by atoms with E-state index in [1.165, 1.54) is 36.5 Å². The molecule has 2 aromatic rings. The topological polar surface area (TPSA) is 63.2 Å². The van der Waals surface area contributed by atoms with Crippen molar-refractivity contribution in [1.82, 2.24) is 10.3 Å². The number of aromatic nitrogens is 1. The van der Waals surface area contributed by atoms with Crippen LogP contribution in [-0.4, -0.2) is 31.2 Å². The van der Waals surface area contributed by atoms with E-state index >= 15 is 0 Å². The van der Waals surface area contributed by atoms with Crippen LogP contribution < -0.4 is 10.6 Å². The van der Waals surface area contributed by atoms with Gasteiger partial charge in [-0.3, -0.25) is 4.79 Å². The Bertz CT molecular complexity index is 703. The Morgan fingerprint density at radius 3 is 2.60 bits per heavy atom. The third-order valence-corrected chi connectivity index (χ3v) is 3.32. The van der Waals surface area contributed by atoms with E-state index in [1.54, 1.807) is 7.11 Å². The molecule has 0 atom stereocenters. The summed E-state index contributed by atoms with van der Waals surface area (Å²) in [5, 5.41) is 5.36. The molecule has 1 aromatic carbocycles. The van der Waals surface area contributed by atoms with E-state index in [0.29, 0.717) is 25.3 Å². The summed E-state index contributed by atoms with van der Waals surface area (Å²) in [7, 11) is 1.58. The average molecular weight is 353 g/mol. The normalized spacial score (nSPS) is 11.2. The van der Waals surface area contributed by atoms with Crippen LogP contribution >= 0.6 is 0 Å². The highest BCUT2D eigenvalue weighted by atomic mass is 19.4. The number of nitrogens with zero attached hydrogens (tertiary/aromatic N) is 1. The molecule has 0 saturated heterocycles. The summed E-state index contributed by atoms with van der Waals surface area (Å²) in [5.74, 6) is -0.349. The number of nitrogens with one attached hydrogen (secondary N) is 2. The lowest BCUT2D eigenvalue weighted by Gasteiger charge is -2.14. The van der Waals surface area contributed by atoms with Crippen molar-refractivity contribution in [2.24, 2.45) is 0 Å². The Morgan fingerprint density at radius 2 is 1.96 bits per heavy atom. The number of benzene rings is 1. The van der Waals surface area contributed by atoms with Gasteiger partial charge in [-0.2, -0.15) is 13.2 Å². The largest absolute Gasteiger partial charge is 0.418 e. The number of rotatable bonds is 7. The van der Waals surface area contributed by atoms with Crippen molar-refractivity contribution in [2.45, 2.75) is 12.6 Å². The van der Waals surface area contributed by atoms with Gasteiger partial charge in [0, 0.05) is 20.3 Å². The predicted molar refractivity (Wildman–Crippen MR) is 87.8 cm³/mol. The third kappa shape index (κ3) is 5.46. The van der Waals surface area contributed by atoms with Crippen LogP contribution in [0.3, 0.4) is 0 Å². The molecule has 0 unspecified atom stereocenters. The molecule has 2 N–H and O–H groups in total. The van der Waals surface area contributed by atoms with E-state index in [2.05, 4.69) is 15.6 Å². The smallest absolute Gasteiger partial charge is 0.385 e. The fourth-order valence-corrected chi connectivity index (χ4v) is 2.11. The van der Waals surface area contributed by atoms with Gasteiger partial charge in [0.1, 0.15) is 5.69 Å². The van der Waals surface area contributed by atoms with Crippen molar-refractivity contribution < 1.29 is 22.7 Å². The van der Waals surface area contributed by atoms with Crippen LogP contribution in [0.1, 0.15) is 22.5 Å². The lowest BCUT2D eigenvalue weighted by molar-refractivity contribution is -0.136. The van der Waals surface area contributed by atoms with E-state index in [0.717, 1.165) is 6.07 Å². The van der Waals surface area contributed by atoms with Crippen LogP contribution in [0.2, 0.25) is 0 Å². The molecule has 0 radical (unpaired) electrons. The number of anilines is 2. The molecule has 0 fully saturated rings. The summed E-state index contributed by atoms with van der Waals surface area (Å²) < 4.78 is 43.8. The molecule has 1 amide bonds. The van der Waals surface area contributed by atoms with E-state index < -0.39 is 11.7 Å². The Balaban J connectivity index is 2.03. The molecule has 1 heterocycles. The zero-order valence-electron chi connectivity index (χ0n) is 13.6. The number of amides is 1. The fourth-order valence-electron chi connectivity index (χ4n) is 2.11. The van der Waals surface area contributed by atoms with Gasteiger partial charge in [-0.25, -0.2) is 4.98 Å². The monoisotopic (exact) mass is 353 g/mol. The molecule has 0 bridgehead atoms. The first kappa shape index (κ1) is 18.7. The predicted octanol–water partition coefficient (Wildman–Crippen LogP) is 3.61. The van der Waals surface area contributed by atoms with Gasteiger partial charge in [-0.1, -0.05) is 12.1 Å². The number of carbonyl (C=O) groups excluding carboxylic acids is 1. The number of hydrogen-bond acceptors (Lipinski definition) is 4. The number of halogens is 3. The number of para-hydroxylation sites is 1. The molecular weight excluding hydrogens is 335 g/mol. The van der Waals surface area contributed by atoms with Crippen molar-refractivity contribution in [3.63, 3.8) is 0 Å². The first-order chi connectivity index (χ1) is 11.9. The molecule has 0 aliphatic rings. The van der Waals surface area contributed by atoms with Gasteiger partial charge in [0.25, 0.3) is 5.91 Å². The number of methoxy groups -OCH3 is 1. The number of ether oxygens (including phenoxy) is 1. The van der Waals surface area contributed by atoms with Crippen LogP contribution in [0.25, 0.3) is 0 Å². The molecule has 5 nitrogen and oxygen atoms in total. The second-order valence-corrected chi connectivity index (χ2v) is 5.20. The summed E-state index contributed by atoms with van der Waals surface area (Å²) in [6.45, 7) is 0.989. The molecule has 8 heteroatoms. The van der Waals surface area contributed by atoms with Crippen LogP contribution in [-0.2, 0) is 10.9 Å². The van der Waals surface area contributed by atoms with Gasteiger partial charge < -0.3 is 15.4 Å². The van der Waals surface area contributed by atoms with Gasteiger partial charge in [-0.05, 0) is 30.7 Å². The average Bonchev–Trinajstić information content (AvgIpc) is 2.59. The van der Waals surface area contributed by atoms with Crippen LogP contribution in [0.5, 0.6) is 0 Å². The summed E-state index contributed by atoms with van der Waals surface area (Å²) in [4.78, 5) is 15.9. The SMILES string of the molecule is COCCCNC(=O)c1ccc(Nc2ccccc2C(F)(F)F)cn1. The molecule has 0 aliphatic heterocycles. The van der Waals surface area contributed by atoms with Crippen LogP contribution in [0.4, 0.5) is 24.5 Å². The van der Waals surface area contributed by atoms with Crippen molar-refractivity contribution in [3.05, 3.63) is 53.9 Å². The fraction of sp³-hybridized carbons (Fsp3) is 0.294. The molecule has 0 aliphatic carbocycles. The molecule has 0 saturated carbocycles. The Morgan fingerprint density at radius 1 is 1.20 bits per heavy atom. The zero-order valence-corrected chi connectivity index (χ0v) is 13.6. The summed E-state index contributed by atoms with van der Waals surface area (Å²) >= 11 is 0. The lowest BCUT2D eigenvalue weighted by atomic mass is 10.1. The van der Waals surface area contributed by atoms with Crippen molar-refractivity contribution in [3.8, 4) is 0 Å². The van der Waals surface area contributed by atoms with Crippen molar-refractivity contribution in [2.75, 3.05) is 25.6 Å². The third-order valence-electron chi connectivity index (χ3n) is 3.32. The maximum absolute atomic E-state index is 13.0. The molecule has 0 spiro atoms. The van der Waals surface area contributed by atoms with Crippen LogP contribution in [0.15, 0.2) is 42.6 Å². The summed E-state index contributed by atoms with van der Waals surface area (Å²) in [6.07, 6.45) is -2.47. The maximum Gasteiger partial charge on any atom is 0.418 e. The highest BCUT2D eigenvalue weighted by molar-refractivity contribution is 5.92. The van der Waals surface area contributed by atoms with Crippen molar-refractivity contribution >= 4 is 17.3 Å². The van der Waals surface area contributed by atoms with Gasteiger partial charge in [0.2, 0.25) is 0 Å². The highest BCUT2D eigenvalue weighted by Crippen LogP contribution is 2.35. The summed E-state index contributed by atoms with van der Waals surface area (Å²) in [5.41, 5.74) is -0.303. The van der Waals surface area contributed by atoms with Crippen LogP contribution in [0, 0.1) is 0 Å². The second-order valence-electron chi connectivity index (χ2n) is 5.20. The highest BCUT2D eigenvalue weighted by Gasteiger charge is 2.33. The summed E-state index contributed by atoms with van der Waals surface area (Å²) in [6, 6.07) is 8.11. The number of hydrogen-bond donors (Lipinski definition) is 2. The standard InChI is InChI=1S/C17H18F3N3O2/c1-25-10-4-9-21-16(24)15-8-7-12(11-22-15)23-14-6-3-2-5-13(14)17(18,19)20/h2-3,5-8,11,23H,4,9-10H2,1H3,(H,21,24). The molecule has 1 aromatic heterocycles. The first-order valence-corrected chi connectivity index (χ1v) is 7.58. The van der Waals surface area contributed by atoms with Crippen molar-refractivity contribution in [1.29, 1.82) is 0 Å². The molecule has 2 rings (SSSR count). The van der Waals surface area contributed by atoms with E-state index in [-0.39, 0.29) is 17.3 Å². The Hall–Kier alpha value is -2.61. The van der Waals surface area contributed by atoms with Gasteiger partial charge in [0.05, 0.1) is 23.1 Å². The molecular formula is C17H18F3N3O2. The minimum Gasteiger partial charge on any atom is -0.385 e. The number of alkyl halides is 3. The molecule has 25 heavy (non-hydrogen) atoms. The maximum atomic E-state index is 13.0. The van der Waals surface area contributed by atoms with Gasteiger partial charge >= 0.3 is 6.18 Å².